The molecule has 2 aromatic heterocycles. The van der Waals surface area contributed by atoms with Gasteiger partial charge in [0.05, 0.1) is 28.0 Å². The minimum atomic E-state index is -0.545. The molecule has 0 bridgehead atoms. The van der Waals surface area contributed by atoms with Gasteiger partial charge in [0.1, 0.15) is 5.82 Å². The molecule has 29 heavy (non-hydrogen) atoms. The fourth-order valence-electron chi connectivity index (χ4n) is 2.75. The highest BCUT2D eigenvalue weighted by Gasteiger charge is 2.17. The first-order chi connectivity index (χ1) is 14.0. The number of nitrogens with zero attached hydrogens (tertiary/aromatic N) is 3. The molecule has 146 valence electrons. The van der Waals surface area contributed by atoms with Gasteiger partial charge in [-0.05, 0) is 31.2 Å². The third kappa shape index (κ3) is 4.06. The van der Waals surface area contributed by atoms with Gasteiger partial charge < -0.3 is 5.32 Å². The highest BCUT2D eigenvalue weighted by molar-refractivity contribution is 7.99. The topological polar surface area (TPSA) is 76.9 Å². The van der Waals surface area contributed by atoms with Gasteiger partial charge in [-0.1, -0.05) is 36.0 Å². The molecule has 0 aliphatic heterocycles. The largest absolute Gasteiger partial charge is 0.301 e. The molecule has 0 atom stereocenters. The number of rotatable bonds is 5. The van der Waals surface area contributed by atoms with Gasteiger partial charge in [-0.2, -0.15) is 0 Å². The monoisotopic (exact) mass is 426 g/mol. The maximum atomic E-state index is 14.4. The minimum absolute atomic E-state index is 0.00212. The summed E-state index contributed by atoms with van der Waals surface area (Å²) in [5, 5.41) is 5.67. The molecule has 0 aliphatic carbocycles. The van der Waals surface area contributed by atoms with Gasteiger partial charge in [-0.3, -0.25) is 14.2 Å². The molecule has 4 rings (SSSR count). The molecule has 0 saturated heterocycles. The summed E-state index contributed by atoms with van der Waals surface area (Å²) in [5.74, 6) is -0.833. The molecule has 0 aliphatic rings. The second-order valence-electron chi connectivity index (χ2n) is 6.13. The third-order valence-corrected chi connectivity index (χ3v) is 5.85. The van der Waals surface area contributed by atoms with Gasteiger partial charge in [0.25, 0.3) is 5.56 Å². The van der Waals surface area contributed by atoms with E-state index in [1.807, 2.05) is 12.3 Å². The molecule has 1 N–H and O–H groups in total. The number of nitrogens with one attached hydrogen (secondary N) is 1. The molecule has 1 amide bonds. The minimum Gasteiger partial charge on any atom is -0.301 e. The molecule has 2 heterocycles. The standard InChI is InChI=1S/C20H15FN4O2S2/c1-12-10-28-19(22-12)24-17(26)11-29-20-23-15-8-4-2-6-13(15)18(27)25(20)16-9-5-3-7-14(16)21/h2-10H,11H2,1H3,(H,22,24,26). The molecule has 0 fully saturated rings. The van der Waals surface area contributed by atoms with Crippen molar-refractivity contribution < 1.29 is 9.18 Å². The van der Waals surface area contributed by atoms with Crippen molar-refractivity contribution >= 4 is 45.0 Å². The number of para-hydroxylation sites is 2. The number of fused-ring (bicyclic) bond motifs is 1. The second-order valence-corrected chi connectivity index (χ2v) is 7.93. The van der Waals surface area contributed by atoms with Crippen molar-refractivity contribution in [1.29, 1.82) is 0 Å². The molecule has 0 saturated carbocycles. The summed E-state index contributed by atoms with van der Waals surface area (Å²) in [5.41, 5.74) is 1.01. The van der Waals surface area contributed by atoms with Crippen LogP contribution in [0.5, 0.6) is 0 Å². The predicted molar refractivity (Wildman–Crippen MR) is 114 cm³/mol. The lowest BCUT2D eigenvalue weighted by Crippen LogP contribution is -2.23. The number of aromatic nitrogens is 3. The van der Waals surface area contributed by atoms with Gasteiger partial charge in [-0.25, -0.2) is 14.4 Å². The number of thioether (sulfide) groups is 1. The molecule has 9 heteroatoms. The molecule has 0 spiro atoms. The number of aryl methyl sites for hydroxylation is 1. The van der Waals surface area contributed by atoms with Crippen molar-refractivity contribution in [2.24, 2.45) is 0 Å². The van der Waals surface area contributed by atoms with Crippen molar-refractivity contribution in [3.63, 3.8) is 0 Å². The van der Waals surface area contributed by atoms with Crippen molar-refractivity contribution in [2.75, 3.05) is 11.1 Å². The lowest BCUT2D eigenvalue weighted by molar-refractivity contribution is -0.113. The van der Waals surface area contributed by atoms with Crippen LogP contribution >= 0.6 is 23.1 Å². The average molecular weight is 426 g/mol. The second kappa shape index (κ2) is 8.14. The van der Waals surface area contributed by atoms with E-state index in [1.54, 1.807) is 36.4 Å². The molecular weight excluding hydrogens is 411 g/mol. The smallest absolute Gasteiger partial charge is 0.266 e. The van der Waals surface area contributed by atoms with Gasteiger partial charge in [0.15, 0.2) is 10.3 Å². The SMILES string of the molecule is Cc1csc(NC(=O)CSc2nc3ccccc3c(=O)n2-c2ccccc2F)n1. The maximum absolute atomic E-state index is 14.4. The summed E-state index contributed by atoms with van der Waals surface area (Å²) in [6, 6.07) is 12.8. The zero-order valence-corrected chi connectivity index (χ0v) is 16.9. The summed E-state index contributed by atoms with van der Waals surface area (Å²) < 4.78 is 15.7. The van der Waals surface area contributed by atoms with E-state index in [0.29, 0.717) is 16.0 Å². The quantitative estimate of drug-likeness (QED) is 0.385. The number of benzene rings is 2. The number of halogens is 1. The Kier molecular flexibility index (Phi) is 5.41. The first-order valence-corrected chi connectivity index (χ1v) is 10.5. The Bertz CT molecular complexity index is 1270. The van der Waals surface area contributed by atoms with Crippen LogP contribution in [0, 0.1) is 12.7 Å². The number of amides is 1. The van der Waals surface area contributed by atoms with Crippen LogP contribution < -0.4 is 10.9 Å². The summed E-state index contributed by atoms with van der Waals surface area (Å²) in [7, 11) is 0. The Hall–Kier alpha value is -3.04. The van der Waals surface area contributed by atoms with E-state index in [4.69, 9.17) is 0 Å². The average Bonchev–Trinajstić information content (AvgIpc) is 3.12. The van der Waals surface area contributed by atoms with Crippen LogP contribution in [0.25, 0.3) is 16.6 Å². The van der Waals surface area contributed by atoms with Crippen molar-refractivity contribution in [2.45, 2.75) is 12.1 Å². The van der Waals surface area contributed by atoms with Crippen LogP contribution in [0.4, 0.5) is 9.52 Å². The Morgan fingerprint density at radius 2 is 1.93 bits per heavy atom. The van der Waals surface area contributed by atoms with Crippen LogP contribution in [0.2, 0.25) is 0 Å². The normalized spacial score (nSPS) is 11.0. The molecular formula is C20H15FN4O2S2. The first kappa shape index (κ1) is 19.3. The Balaban J connectivity index is 1.71. The molecule has 0 unspecified atom stereocenters. The van der Waals surface area contributed by atoms with Crippen molar-refractivity contribution in [3.05, 3.63) is 75.8 Å². The van der Waals surface area contributed by atoms with Crippen LogP contribution in [0.1, 0.15) is 5.69 Å². The number of hydrogen-bond acceptors (Lipinski definition) is 6. The van der Waals surface area contributed by atoms with Gasteiger partial charge >= 0.3 is 0 Å². The lowest BCUT2D eigenvalue weighted by Gasteiger charge is -2.13. The summed E-state index contributed by atoms with van der Waals surface area (Å²) in [6.45, 7) is 1.84. The van der Waals surface area contributed by atoms with Crippen molar-refractivity contribution in [3.8, 4) is 5.69 Å². The van der Waals surface area contributed by atoms with Crippen LogP contribution in [0.15, 0.2) is 63.9 Å². The van der Waals surface area contributed by atoms with Gasteiger partial charge in [0.2, 0.25) is 5.91 Å². The van der Waals surface area contributed by atoms with Crippen LogP contribution in [-0.4, -0.2) is 26.2 Å². The Labute approximate surface area is 173 Å². The lowest BCUT2D eigenvalue weighted by atomic mass is 10.2. The summed E-state index contributed by atoms with van der Waals surface area (Å²) >= 11 is 2.40. The van der Waals surface area contributed by atoms with Crippen LogP contribution in [0.3, 0.4) is 0 Å². The van der Waals surface area contributed by atoms with E-state index in [2.05, 4.69) is 15.3 Å². The van der Waals surface area contributed by atoms with E-state index < -0.39 is 5.82 Å². The maximum Gasteiger partial charge on any atom is 0.266 e. The van der Waals surface area contributed by atoms with E-state index in [-0.39, 0.29) is 28.1 Å². The molecule has 4 aromatic rings. The fraction of sp³-hybridized carbons (Fsp3) is 0.100. The number of carbonyl (C=O) groups is 1. The predicted octanol–water partition coefficient (Wildman–Crippen LogP) is 4.02. The van der Waals surface area contributed by atoms with Gasteiger partial charge in [-0.15, -0.1) is 11.3 Å². The molecule has 6 nitrogen and oxygen atoms in total. The zero-order chi connectivity index (χ0) is 20.4. The highest BCUT2D eigenvalue weighted by Crippen LogP contribution is 2.23. The first-order valence-electron chi connectivity index (χ1n) is 8.64. The van der Waals surface area contributed by atoms with E-state index in [0.717, 1.165) is 17.5 Å². The Morgan fingerprint density at radius 1 is 1.17 bits per heavy atom. The van der Waals surface area contributed by atoms with Crippen LogP contribution in [-0.2, 0) is 4.79 Å². The molecule has 2 aromatic carbocycles. The number of thiazole rings is 1. The van der Waals surface area contributed by atoms with E-state index in [1.165, 1.54) is 28.0 Å². The summed E-state index contributed by atoms with van der Waals surface area (Å²) in [4.78, 5) is 34.1. The highest BCUT2D eigenvalue weighted by atomic mass is 32.2. The van der Waals surface area contributed by atoms with Gasteiger partial charge in [0, 0.05) is 5.38 Å². The third-order valence-electron chi connectivity index (χ3n) is 4.04. The zero-order valence-electron chi connectivity index (χ0n) is 15.3. The fourth-order valence-corrected chi connectivity index (χ4v) is 4.26. The number of carbonyl (C=O) groups excluding carboxylic acids is 1. The number of anilines is 1. The Morgan fingerprint density at radius 3 is 2.69 bits per heavy atom. The van der Waals surface area contributed by atoms with E-state index >= 15 is 0 Å². The number of hydrogen-bond donors (Lipinski definition) is 1. The molecule has 0 radical (unpaired) electrons. The summed E-state index contributed by atoms with van der Waals surface area (Å²) in [6.07, 6.45) is 0. The van der Waals surface area contributed by atoms with E-state index in [9.17, 15) is 14.0 Å². The van der Waals surface area contributed by atoms with Crippen molar-refractivity contribution in [1.82, 2.24) is 14.5 Å².